The summed E-state index contributed by atoms with van der Waals surface area (Å²) in [6, 6.07) is 10.3. The van der Waals surface area contributed by atoms with Crippen LogP contribution in [0.15, 0.2) is 30.3 Å². The molecule has 0 N–H and O–H groups in total. The van der Waals surface area contributed by atoms with Gasteiger partial charge in [-0.3, -0.25) is 4.79 Å². The fourth-order valence-electron chi connectivity index (χ4n) is 1.35. The number of aryl methyl sites for hydroxylation is 1. The molecule has 1 aromatic carbocycles. The van der Waals surface area contributed by atoms with Gasteiger partial charge >= 0.3 is 5.97 Å². The zero-order valence-electron chi connectivity index (χ0n) is 13.5. The Labute approximate surface area is 128 Å². The SMILES string of the molecule is CCCCOCCOCCOC(C)=O.Cc1ccccc1. The van der Waals surface area contributed by atoms with E-state index in [1.807, 2.05) is 18.2 Å². The molecule has 1 rings (SSSR count). The van der Waals surface area contributed by atoms with Crippen molar-refractivity contribution < 1.29 is 19.0 Å². The third kappa shape index (κ3) is 16.6. The molecule has 120 valence electrons. The minimum atomic E-state index is -0.271. The topological polar surface area (TPSA) is 44.8 Å². The van der Waals surface area contributed by atoms with Gasteiger partial charge in [0.1, 0.15) is 6.61 Å². The summed E-state index contributed by atoms with van der Waals surface area (Å²) in [5.74, 6) is -0.271. The predicted octanol–water partition coefficient (Wildman–Crippen LogP) is 3.38. The van der Waals surface area contributed by atoms with Crippen molar-refractivity contribution >= 4 is 5.97 Å². The summed E-state index contributed by atoms with van der Waals surface area (Å²) < 4.78 is 15.1. The van der Waals surface area contributed by atoms with E-state index in [4.69, 9.17) is 9.47 Å². The van der Waals surface area contributed by atoms with Gasteiger partial charge in [-0.1, -0.05) is 49.2 Å². The molecule has 0 bridgehead atoms. The molecular weight excluding hydrogens is 268 g/mol. The Morgan fingerprint density at radius 2 is 1.52 bits per heavy atom. The predicted molar refractivity (Wildman–Crippen MR) is 84.4 cm³/mol. The molecule has 0 amide bonds. The molecule has 0 aromatic heterocycles. The third-order valence-corrected chi connectivity index (χ3v) is 2.49. The summed E-state index contributed by atoms with van der Waals surface area (Å²) in [5.41, 5.74) is 1.32. The molecule has 0 unspecified atom stereocenters. The average Bonchev–Trinajstić information content (AvgIpc) is 2.47. The van der Waals surface area contributed by atoms with E-state index in [1.54, 1.807) is 0 Å². The first-order valence-corrected chi connectivity index (χ1v) is 7.47. The van der Waals surface area contributed by atoms with Crippen LogP contribution in [0.1, 0.15) is 32.3 Å². The summed E-state index contributed by atoms with van der Waals surface area (Å²) in [7, 11) is 0. The Bertz CT molecular complexity index is 338. The third-order valence-electron chi connectivity index (χ3n) is 2.49. The van der Waals surface area contributed by atoms with Crippen LogP contribution in [0.3, 0.4) is 0 Å². The number of rotatable bonds is 9. The summed E-state index contributed by atoms with van der Waals surface area (Å²) >= 11 is 0. The second-order valence-corrected chi connectivity index (χ2v) is 4.57. The van der Waals surface area contributed by atoms with Crippen LogP contribution >= 0.6 is 0 Å². The van der Waals surface area contributed by atoms with Gasteiger partial charge in [-0.25, -0.2) is 0 Å². The number of esters is 1. The fraction of sp³-hybridized carbons (Fsp3) is 0.588. The van der Waals surface area contributed by atoms with Crippen LogP contribution in [-0.4, -0.2) is 39.0 Å². The van der Waals surface area contributed by atoms with Gasteiger partial charge in [0.25, 0.3) is 0 Å². The van der Waals surface area contributed by atoms with E-state index in [0.29, 0.717) is 26.4 Å². The molecule has 0 atom stereocenters. The highest BCUT2D eigenvalue weighted by atomic mass is 16.6. The van der Waals surface area contributed by atoms with Crippen molar-refractivity contribution in [2.75, 3.05) is 33.0 Å². The van der Waals surface area contributed by atoms with Crippen molar-refractivity contribution in [1.82, 2.24) is 0 Å². The Kier molecular flexibility index (Phi) is 14.0. The molecule has 0 aliphatic heterocycles. The molecule has 0 saturated heterocycles. The number of hydrogen-bond donors (Lipinski definition) is 0. The first-order chi connectivity index (χ1) is 10.2. The van der Waals surface area contributed by atoms with Crippen LogP contribution < -0.4 is 0 Å². The number of carbonyl (C=O) groups excluding carboxylic acids is 1. The largest absolute Gasteiger partial charge is 0.463 e. The van der Waals surface area contributed by atoms with E-state index < -0.39 is 0 Å². The first-order valence-electron chi connectivity index (χ1n) is 7.47. The van der Waals surface area contributed by atoms with E-state index in [-0.39, 0.29) is 5.97 Å². The maximum atomic E-state index is 10.3. The van der Waals surface area contributed by atoms with Gasteiger partial charge in [-0.05, 0) is 13.3 Å². The number of hydrogen-bond acceptors (Lipinski definition) is 4. The van der Waals surface area contributed by atoms with Crippen LogP contribution in [0.5, 0.6) is 0 Å². The molecule has 4 nitrogen and oxygen atoms in total. The molecule has 0 aliphatic rings. The van der Waals surface area contributed by atoms with Crippen molar-refractivity contribution in [3.05, 3.63) is 35.9 Å². The zero-order valence-corrected chi connectivity index (χ0v) is 13.5. The number of ether oxygens (including phenoxy) is 3. The van der Waals surface area contributed by atoms with Crippen LogP contribution in [-0.2, 0) is 19.0 Å². The quantitative estimate of drug-likeness (QED) is 0.517. The Hall–Kier alpha value is -1.39. The molecule has 0 radical (unpaired) electrons. The van der Waals surface area contributed by atoms with Crippen LogP contribution in [0, 0.1) is 6.92 Å². The summed E-state index contributed by atoms with van der Waals surface area (Å²) in [6.07, 6.45) is 2.24. The van der Waals surface area contributed by atoms with E-state index in [1.165, 1.54) is 12.5 Å². The summed E-state index contributed by atoms with van der Waals surface area (Å²) in [6.45, 7) is 8.32. The second kappa shape index (κ2) is 15.0. The molecule has 0 spiro atoms. The highest BCUT2D eigenvalue weighted by Gasteiger charge is 1.93. The van der Waals surface area contributed by atoms with Crippen molar-refractivity contribution in [2.24, 2.45) is 0 Å². The van der Waals surface area contributed by atoms with E-state index in [9.17, 15) is 4.79 Å². The lowest BCUT2D eigenvalue weighted by Gasteiger charge is -2.05. The van der Waals surface area contributed by atoms with Crippen LogP contribution in [0.2, 0.25) is 0 Å². The van der Waals surface area contributed by atoms with Crippen LogP contribution in [0.25, 0.3) is 0 Å². The van der Waals surface area contributed by atoms with Gasteiger partial charge in [0, 0.05) is 13.5 Å². The molecule has 0 heterocycles. The maximum absolute atomic E-state index is 10.3. The lowest BCUT2D eigenvalue weighted by molar-refractivity contribution is -0.142. The van der Waals surface area contributed by atoms with E-state index >= 15 is 0 Å². The van der Waals surface area contributed by atoms with Gasteiger partial charge in [0.2, 0.25) is 0 Å². The minimum absolute atomic E-state index is 0.271. The minimum Gasteiger partial charge on any atom is -0.463 e. The van der Waals surface area contributed by atoms with Crippen molar-refractivity contribution in [1.29, 1.82) is 0 Å². The molecule has 1 aromatic rings. The number of unbranched alkanes of at least 4 members (excludes halogenated alkanes) is 1. The van der Waals surface area contributed by atoms with Gasteiger partial charge in [0.05, 0.1) is 19.8 Å². The van der Waals surface area contributed by atoms with E-state index in [2.05, 4.69) is 30.7 Å². The second-order valence-electron chi connectivity index (χ2n) is 4.57. The molecule has 0 saturated carbocycles. The normalized spacial score (nSPS) is 9.67. The Morgan fingerprint density at radius 3 is 2.00 bits per heavy atom. The van der Waals surface area contributed by atoms with Crippen LogP contribution in [0.4, 0.5) is 0 Å². The fourth-order valence-corrected chi connectivity index (χ4v) is 1.35. The van der Waals surface area contributed by atoms with Crippen molar-refractivity contribution in [2.45, 2.75) is 33.6 Å². The highest BCUT2D eigenvalue weighted by molar-refractivity contribution is 5.65. The molecule has 0 aliphatic carbocycles. The monoisotopic (exact) mass is 296 g/mol. The molecule has 4 heteroatoms. The average molecular weight is 296 g/mol. The lowest BCUT2D eigenvalue weighted by Crippen LogP contribution is -2.11. The summed E-state index contributed by atoms with van der Waals surface area (Å²) in [4.78, 5) is 10.3. The number of carbonyl (C=O) groups is 1. The Balaban J connectivity index is 0.000000471. The van der Waals surface area contributed by atoms with Crippen molar-refractivity contribution in [3.8, 4) is 0 Å². The molecule has 0 fully saturated rings. The van der Waals surface area contributed by atoms with Gasteiger partial charge in [0.15, 0.2) is 0 Å². The zero-order chi connectivity index (χ0) is 15.8. The number of benzene rings is 1. The molecule has 21 heavy (non-hydrogen) atoms. The first kappa shape index (κ1) is 19.6. The highest BCUT2D eigenvalue weighted by Crippen LogP contribution is 1.92. The lowest BCUT2D eigenvalue weighted by atomic mass is 10.2. The molecular formula is C17H28O4. The smallest absolute Gasteiger partial charge is 0.302 e. The van der Waals surface area contributed by atoms with Gasteiger partial charge in [-0.15, -0.1) is 0 Å². The Morgan fingerprint density at radius 1 is 0.952 bits per heavy atom. The standard InChI is InChI=1S/C10H20O4.C7H8/c1-3-4-5-12-6-7-13-8-9-14-10(2)11;1-7-5-3-2-4-6-7/h3-9H2,1-2H3;2-6H,1H3. The van der Waals surface area contributed by atoms with Gasteiger partial charge < -0.3 is 14.2 Å². The summed E-state index contributed by atoms with van der Waals surface area (Å²) in [5, 5.41) is 0. The van der Waals surface area contributed by atoms with Gasteiger partial charge in [-0.2, -0.15) is 0 Å². The van der Waals surface area contributed by atoms with E-state index in [0.717, 1.165) is 19.4 Å². The maximum Gasteiger partial charge on any atom is 0.302 e. The van der Waals surface area contributed by atoms with Crippen molar-refractivity contribution in [3.63, 3.8) is 0 Å².